The molecule has 19 heavy (non-hydrogen) atoms. The van der Waals surface area contributed by atoms with E-state index >= 15 is 0 Å². The second-order valence-corrected chi connectivity index (χ2v) is 5.21. The summed E-state index contributed by atoms with van der Waals surface area (Å²) in [5.74, 6) is 0.833. The van der Waals surface area contributed by atoms with E-state index in [2.05, 4.69) is 4.98 Å². The molecular weight excluding hydrogens is 258 g/mol. The van der Waals surface area contributed by atoms with Gasteiger partial charge in [-0.1, -0.05) is 6.07 Å². The van der Waals surface area contributed by atoms with E-state index in [1.165, 1.54) is 0 Å². The fourth-order valence-electron chi connectivity index (χ4n) is 1.99. The van der Waals surface area contributed by atoms with Gasteiger partial charge in [0.1, 0.15) is 5.75 Å². The molecule has 1 N–H and O–H groups in total. The summed E-state index contributed by atoms with van der Waals surface area (Å²) < 4.78 is 5.20. The Balaban J connectivity index is 2.06. The number of benzene rings is 1. The number of aliphatic hydroxyl groups excluding tert-OH is 1. The standard InChI is InChI=1S/C15H13NO2S/c1-18-12-3-5-14-10(6-12)2-4-15(16-14)11-7-13(8-17)19-9-11/h2-7,9,17H,8H2,1H3. The molecule has 96 valence electrons. The molecular formula is C15H13NO2S. The number of hydrogen-bond donors (Lipinski definition) is 1. The lowest BCUT2D eigenvalue weighted by Gasteiger charge is -2.03. The van der Waals surface area contributed by atoms with Crippen LogP contribution in [0.25, 0.3) is 22.2 Å². The number of aromatic nitrogens is 1. The summed E-state index contributed by atoms with van der Waals surface area (Å²) in [7, 11) is 1.66. The maximum atomic E-state index is 9.10. The van der Waals surface area contributed by atoms with Gasteiger partial charge in [-0.25, -0.2) is 4.98 Å². The first kappa shape index (κ1) is 12.1. The van der Waals surface area contributed by atoms with Crippen molar-refractivity contribution in [3.63, 3.8) is 0 Å². The predicted octanol–water partition coefficient (Wildman–Crippen LogP) is 3.46. The normalized spacial score (nSPS) is 10.8. The third kappa shape index (κ3) is 2.32. The van der Waals surface area contributed by atoms with Crippen molar-refractivity contribution in [3.05, 3.63) is 46.7 Å². The van der Waals surface area contributed by atoms with Crippen molar-refractivity contribution in [2.45, 2.75) is 6.61 Å². The Labute approximate surface area is 115 Å². The fraction of sp³-hybridized carbons (Fsp3) is 0.133. The van der Waals surface area contributed by atoms with E-state index in [4.69, 9.17) is 9.84 Å². The largest absolute Gasteiger partial charge is 0.497 e. The van der Waals surface area contributed by atoms with Gasteiger partial charge in [0.15, 0.2) is 0 Å². The van der Waals surface area contributed by atoms with Crippen LogP contribution in [0.4, 0.5) is 0 Å². The van der Waals surface area contributed by atoms with Crippen LogP contribution in [-0.4, -0.2) is 17.2 Å². The van der Waals surface area contributed by atoms with Gasteiger partial charge in [0.2, 0.25) is 0 Å². The van der Waals surface area contributed by atoms with Crippen molar-refractivity contribution in [2.24, 2.45) is 0 Å². The number of nitrogens with zero attached hydrogens (tertiary/aromatic N) is 1. The Morgan fingerprint density at radius 3 is 2.84 bits per heavy atom. The summed E-state index contributed by atoms with van der Waals surface area (Å²) >= 11 is 1.55. The molecule has 0 amide bonds. The molecule has 0 fully saturated rings. The van der Waals surface area contributed by atoms with Gasteiger partial charge in [0, 0.05) is 21.2 Å². The van der Waals surface area contributed by atoms with Crippen molar-refractivity contribution in [1.82, 2.24) is 4.98 Å². The van der Waals surface area contributed by atoms with Crippen LogP contribution in [0.15, 0.2) is 41.8 Å². The number of thiophene rings is 1. The Morgan fingerprint density at radius 2 is 2.11 bits per heavy atom. The van der Waals surface area contributed by atoms with Crippen molar-refractivity contribution in [1.29, 1.82) is 0 Å². The van der Waals surface area contributed by atoms with Gasteiger partial charge >= 0.3 is 0 Å². The molecule has 0 unspecified atom stereocenters. The summed E-state index contributed by atoms with van der Waals surface area (Å²) in [6.07, 6.45) is 0. The fourth-order valence-corrected chi connectivity index (χ4v) is 2.73. The summed E-state index contributed by atoms with van der Waals surface area (Å²) in [6.45, 7) is 0.0788. The van der Waals surface area contributed by atoms with Crippen LogP contribution >= 0.6 is 11.3 Å². The van der Waals surface area contributed by atoms with E-state index in [9.17, 15) is 0 Å². The molecule has 0 saturated heterocycles. The Morgan fingerprint density at radius 1 is 1.21 bits per heavy atom. The lowest BCUT2D eigenvalue weighted by Crippen LogP contribution is -1.86. The first-order chi connectivity index (χ1) is 9.30. The van der Waals surface area contributed by atoms with Gasteiger partial charge in [-0.2, -0.15) is 0 Å². The van der Waals surface area contributed by atoms with E-state index in [-0.39, 0.29) is 6.61 Å². The maximum absolute atomic E-state index is 9.10. The van der Waals surface area contributed by atoms with Gasteiger partial charge in [-0.3, -0.25) is 0 Å². The number of ether oxygens (including phenoxy) is 1. The first-order valence-corrected chi connectivity index (χ1v) is 6.81. The van der Waals surface area contributed by atoms with Crippen LogP contribution in [0.3, 0.4) is 0 Å². The average molecular weight is 271 g/mol. The molecule has 2 aromatic heterocycles. The lowest BCUT2D eigenvalue weighted by atomic mass is 10.1. The van der Waals surface area contributed by atoms with Gasteiger partial charge in [-0.05, 0) is 30.3 Å². The molecule has 4 heteroatoms. The van der Waals surface area contributed by atoms with E-state index in [1.54, 1.807) is 18.4 Å². The smallest absolute Gasteiger partial charge is 0.119 e. The third-order valence-electron chi connectivity index (χ3n) is 3.00. The highest BCUT2D eigenvalue weighted by atomic mass is 32.1. The lowest BCUT2D eigenvalue weighted by molar-refractivity contribution is 0.285. The zero-order chi connectivity index (χ0) is 13.2. The summed E-state index contributed by atoms with van der Waals surface area (Å²) in [5.41, 5.74) is 2.91. The molecule has 0 aliphatic heterocycles. The Bertz CT molecular complexity index is 721. The van der Waals surface area contributed by atoms with E-state index in [1.807, 2.05) is 41.8 Å². The highest BCUT2D eigenvalue weighted by molar-refractivity contribution is 7.10. The quantitative estimate of drug-likeness (QED) is 0.793. The molecule has 0 spiro atoms. The SMILES string of the molecule is COc1ccc2nc(-c3csc(CO)c3)ccc2c1. The molecule has 1 aromatic carbocycles. The molecule has 3 aromatic rings. The van der Waals surface area contributed by atoms with Crippen LogP contribution in [-0.2, 0) is 6.61 Å². The first-order valence-electron chi connectivity index (χ1n) is 5.93. The van der Waals surface area contributed by atoms with Gasteiger partial charge in [0.05, 0.1) is 24.9 Å². The van der Waals surface area contributed by atoms with E-state index in [0.29, 0.717) is 0 Å². The predicted molar refractivity (Wildman–Crippen MR) is 77.5 cm³/mol. The second-order valence-electron chi connectivity index (χ2n) is 4.21. The van der Waals surface area contributed by atoms with Gasteiger partial charge in [-0.15, -0.1) is 11.3 Å². The van der Waals surface area contributed by atoms with Crippen molar-refractivity contribution >= 4 is 22.2 Å². The number of hydrogen-bond acceptors (Lipinski definition) is 4. The number of pyridine rings is 1. The highest BCUT2D eigenvalue weighted by Gasteiger charge is 2.05. The van der Waals surface area contributed by atoms with Gasteiger partial charge < -0.3 is 9.84 Å². The average Bonchev–Trinajstić information content (AvgIpc) is 2.95. The number of aliphatic hydroxyl groups is 1. The Kier molecular flexibility index (Phi) is 3.19. The van der Waals surface area contributed by atoms with Crippen LogP contribution in [0.1, 0.15) is 4.88 Å². The molecule has 0 aliphatic carbocycles. The van der Waals surface area contributed by atoms with Crippen molar-refractivity contribution in [3.8, 4) is 17.0 Å². The molecule has 0 aliphatic rings. The number of rotatable bonds is 3. The monoisotopic (exact) mass is 271 g/mol. The van der Waals surface area contributed by atoms with E-state index in [0.717, 1.165) is 32.8 Å². The molecule has 0 radical (unpaired) electrons. The molecule has 0 saturated carbocycles. The zero-order valence-electron chi connectivity index (χ0n) is 10.5. The molecule has 0 bridgehead atoms. The zero-order valence-corrected chi connectivity index (χ0v) is 11.3. The second kappa shape index (κ2) is 4.99. The van der Waals surface area contributed by atoms with Crippen molar-refractivity contribution in [2.75, 3.05) is 7.11 Å². The minimum absolute atomic E-state index is 0.0788. The molecule has 3 rings (SSSR count). The van der Waals surface area contributed by atoms with Crippen LogP contribution in [0, 0.1) is 0 Å². The Hall–Kier alpha value is -1.91. The van der Waals surface area contributed by atoms with Gasteiger partial charge in [0.25, 0.3) is 0 Å². The van der Waals surface area contributed by atoms with Crippen LogP contribution < -0.4 is 4.74 Å². The van der Waals surface area contributed by atoms with E-state index < -0.39 is 0 Å². The maximum Gasteiger partial charge on any atom is 0.119 e. The topological polar surface area (TPSA) is 42.4 Å². The van der Waals surface area contributed by atoms with Crippen LogP contribution in [0.2, 0.25) is 0 Å². The highest BCUT2D eigenvalue weighted by Crippen LogP contribution is 2.27. The van der Waals surface area contributed by atoms with Crippen LogP contribution in [0.5, 0.6) is 5.75 Å². The summed E-state index contributed by atoms with van der Waals surface area (Å²) in [5, 5.41) is 12.2. The molecule has 0 atom stereocenters. The van der Waals surface area contributed by atoms with Crippen molar-refractivity contribution < 1.29 is 9.84 Å². The molecule has 3 nitrogen and oxygen atoms in total. The summed E-state index contributed by atoms with van der Waals surface area (Å²) in [6, 6.07) is 11.8. The minimum Gasteiger partial charge on any atom is -0.497 e. The summed E-state index contributed by atoms with van der Waals surface area (Å²) in [4.78, 5) is 5.59. The number of fused-ring (bicyclic) bond motifs is 1. The third-order valence-corrected chi connectivity index (χ3v) is 3.92. The molecule has 2 heterocycles. The minimum atomic E-state index is 0.0788. The number of methoxy groups -OCH3 is 1.